The van der Waals surface area contributed by atoms with Crippen molar-refractivity contribution in [2.24, 2.45) is 0 Å². The molecule has 1 aromatic rings. The Morgan fingerprint density at radius 3 is 2.57 bits per heavy atom. The lowest BCUT2D eigenvalue weighted by Gasteiger charge is -2.42. The molecule has 2 aliphatic rings. The molecule has 3 nitrogen and oxygen atoms in total. The average Bonchev–Trinajstić information content (AvgIpc) is 2.39. The highest BCUT2D eigenvalue weighted by molar-refractivity contribution is 5.89. The van der Waals surface area contributed by atoms with Crippen LogP contribution < -0.4 is 5.32 Å². The Bertz CT molecular complexity index is 510. The summed E-state index contributed by atoms with van der Waals surface area (Å²) in [6.07, 6.45) is 4.98. The van der Waals surface area contributed by atoms with Crippen molar-refractivity contribution < 1.29 is 9.18 Å². The molecular weight excluding hydrogens is 267 g/mol. The fourth-order valence-electron chi connectivity index (χ4n) is 3.55. The third-order valence-corrected chi connectivity index (χ3v) is 5.00. The molecule has 1 atom stereocenters. The largest absolute Gasteiger partial charge is 0.351 e. The summed E-state index contributed by atoms with van der Waals surface area (Å²) in [6.45, 7) is 2.03. The fraction of sp³-hybridized carbons (Fsp3) is 0.588. The molecule has 1 aromatic carbocycles. The van der Waals surface area contributed by atoms with E-state index in [-0.39, 0.29) is 17.8 Å². The number of halogens is 1. The number of rotatable bonds is 3. The number of hydrogen-bond acceptors (Lipinski definition) is 2. The second kappa shape index (κ2) is 5.76. The topological polar surface area (TPSA) is 32.3 Å². The zero-order valence-electron chi connectivity index (χ0n) is 12.6. The molecule has 3 rings (SSSR count). The van der Waals surface area contributed by atoms with Crippen LogP contribution in [0.4, 0.5) is 4.39 Å². The van der Waals surface area contributed by atoms with Crippen LogP contribution in [0.25, 0.3) is 0 Å². The summed E-state index contributed by atoms with van der Waals surface area (Å²) in [5.41, 5.74) is 0.529. The highest BCUT2D eigenvalue weighted by Crippen LogP contribution is 2.44. The van der Waals surface area contributed by atoms with E-state index in [1.165, 1.54) is 12.1 Å². The van der Waals surface area contributed by atoms with Crippen molar-refractivity contribution in [2.45, 2.75) is 43.6 Å². The van der Waals surface area contributed by atoms with E-state index >= 15 is 0 Å². The second-order valence-corrected chi connectivity index (χ2v) is 6.52. The molecule has 4 heteroatoms. The Kier molecular flexibility index (Phi) is 3.98. The smallest absolute Gasteiger partial charge is 0.230 e. The Hall–Kier alpha value is -1.42. The molecule has 1 heterocycles. The molecule has 1 aliphatic heterocycles. The molecule has 1 N–H and O–H groups in total. The van der Waals surface area contributed by atoms with Crippen LogP contribution in [0, 0.1) is 5.82 Å². The number of carbonyl (C=O) groups is 1. The van der Waals surface area contributed by atoms with Gasteiger partial charge in [0.2, 0.25) is 5.91 Å². The zero-order chi connectivity index (χ0) is 14.9. The van der Waals surface area contributed by atoms with Gasteiger partial charge < -0.3 is 10.2 Å². The Morgan fingerprint density at radius 2 is 2.00 bits per heavy atom. The number of likely N-dealkylation sites (tertiary alicyclic amines) is 1. The summed E-state index contributed by atoms with van der Waals surface area (Å²) < 4.78 is 13.1. The highest BCUT2D eigenvalue weighted by atomic mass is 19.1. The molecule has 1 saturated heterocycles. The lowest BCUT2D eigenvalue weighted by atomic mass is 9.63. The number of benzene rings is 1. The number of nitrogens with zero attached hydrogens (tertiary/aromatic N) is 1. The van der Waals surface area contributed by atoms with Gasteiger partial charge in [0.05, 0.1) is 5.41 Å². The first-order valence-electron chi connectivity index (χ1n) is 7.86. The van der Waals surface area contributed by atoms with Gasteiger partial charge >= 0.3 is 0 Å². The number of amides is 1. The van der Waals surface area contributed by atoms with Crippen LogP contribution >= 0.6 is 0 Å². The van der Waals surface area contributed by atoms with Gasteiger partial charge in [-0.05, 0) is 57.0 Å². The quantitative estimate of drug-likeness (QED) is 0.927. The first-order chi connectivity index (χ1) is 10.1. The van der Waals surface area contributed by atoms with Gasteiger partial charge in [0.25, 0.3) is 0 Å². The van der Waals surface area contributed by atoms with Crippen molar-refractivity contribution in [1.29, 1.82) is 0 Å². The number of carbonyl (C=O) groups excluding carboxylic acids is 1. The van der Waals surface area contributed by atoms with Crippen molar-refractivity contribution in [2.75, 3.05) is 20.1 Å². The van der Waals surface area contributed by atoms with E-state index in [1.807, 2.05) is 0 Å². The van der Waals surface area contributed by atoms with E-state index in [4.69, 9.17) is 0 Å². The molecule has 114 valence electrons. The minimum absolute atomic E-state index is 0.126. The van der Waals surface area contributed by atoms with Crippen molar-refractivity contribution in [1.82, 2.24) is 10.2 Å². The monoisotopic (exact) mass is 290 g/mol. The zero-order valence-corrected chi connectivity index (χ0v) is 12.6. The summed E-state index contributed by atoms with van der Waals surface area (Å²) >= 11 is 0. The minimum Gasteiger partial charge on any atom is -0.351 e. The molecule has 0 spiro atoms. The molecule has 21 heavy (non-hydrogen) atoms. The van der Waals surface area contributed by atoms with Crippen LogP contribution in [0.1, 0.15) is 37.7 Å². The molecule has 1 amide bonds. The normalized spacial score (nSPS) is 25.1. The predicted molar refractivity (Wildman–Crippen MR) is 80.6 cm³/mol. The van der Waals surface area contributed by atoms with Crippen LogP contribution in [-0.2, 0) is 10.2 Å². The van der Waals surface area contributed by atoms with Gasteiger partial charge in [0, 0.05) is 12.6 Å². The molecule has 2 fully saturated rings. The maximum atomic E-state index is 13.1. The molecule has 1 aliphatic carbocycles. The molecule has 0 aromatic heterocycles. The van der Waals surface area contributed by atoms with Gasteiger partial charge in [0.1, 0.15) is 5.82 Å². The van der Waals surface area contributed by atoms with Gasteiger partial charge in [-0.3, -0.25) is 4.79 Å². The summed E-state index contributed by atoms with van der Waals surface area (Å²) in [5, 5.41) is 3.23. The lowest BCUT2D eigenvalue weighted by molar-refractivity contribution is -0.131. The van der Waals surface area contributed by atoms with Gasteiger partial charge in [0.15, 0.2) is 0 Å². The number of likely N-dealkylation sites (N-methyl/N-ethyl adjacent to an activating group) is 1. The standard InChI is InChI=1S/C17H23FN2O/c1-20-11-2-4-15(12-20)19-16(21)17(9-3-10-17)13-5-7-14(18)8-6-13/h5-8,15H,2-4,9-12H2,1H3,(H,19,21)/t15-/m1/s1. The summed E-state index contributed by atoms with van der Waals surface area (Å²) in [4.78, 5) is 15.0. The van der Waals surface area contributed by atoms with E-state index in [1.54, 1.807) is 12.1 Å². The Morgan fingerprint density at radius 1 is 1.29 bits per heavy atom. The summed E-state index contributed by atoms with van der Waals surface area (Å²) in [5.74, 6) is -0.122. The Labute approximate surface area is 125 Å². The number of nitrogens with one attached hydrogen (secondary N) is 1. The molecule has 0 unspecified atom stereocenters. The van der Waals surface area contributed by atoms with Gasteiger partial charge in [-0.25, -0.2) is 4.39 Å². The van der Waals surface area contributed by atoms with E-state index in [0.29, 0.717) is 0 Å². The molecule has 1 saturated carbocycles. The van der Waals surface area contributed by atoms with Gasteiger partial charge in [-0.1, -0.05) is 18.6 Å². The molecule has 0 radical (unpaired) electrons. The second-order valence-electron chi connectivity index (χ2n) is 6.52. The third kappa shape index (κ3) is 2.82. The van der Waals surface area contributed by atoms with Gasteiger partial charge in [-0.15, -0.1) is 0 Å². The first kappa shape index (κ1) is 14.5. The van der Waals surface area contributed by atoms with Crippen LogP contribution in [0.5, 0.6) is 0 Å². The summed E-state index contributed by atoms with van der Waals surface area (Å²) in [6, 6.07) is 6.69. The van der Waals surface area contributed by atoms with Crippen molar-refractivity contribution in [3.8, 4) is 0 Å². The third-order valence-electron chi connectivity index (χ3n) is 5.00. The van der Waals surface area contributed by atoms with Crippen molar-refractivity contribution >= 4 is 5.91 Å². The Balaban J connectivity index is 1.73. The maximum absolute atomic E-state index is 13.1. The van der Waals surface area contributed by atoms with Crippen LogP contribution in [0.3, 0.4) is 0 Å². The fourth-order valence-corrected chi connectivity index (χ4v) is 3.55. The highest BCUT2D eigenvalue weighted by Gasteiger charge is 2.46. The number of hydrogen-bond donors (Lipinski definition) is 1. The molecule has 0 bridgehead atoms. The van der Waals surface area contributed by atoms with E-state index < -0.39 is 5.41 Å². The maximum Gasteiger partial charge on any atom is 0.230 e. The van der Waals surface area contributed by atoms with Crippen LogP contribution in [0.2, 0.25) is 0 Å². The average molecular weight is 290 g/mol. The van der Waals surface area contributed by atoms with Crippen molar-refractivity contribution in [3.63, 3.8) is 0 Å². The van der Waals surface area contributed by atoms with Crippen LogP contribution in [-0.4, -0.2) is 37.0 Å². The van der Waals surface area contributed by atoms with E-state index in [0.717, 1.165) is 50.8 Å². The van der Waals surface area contributed by atoms with E-state index in [2.05, 4.69) is 17.3 Å². The lowest BCUT2D eigenvalue weighted by Crippen LogP contribution is -2.55. The first-order valence-corrected chi connectivity index (χ1v) is 7.86. The van der Waals surface area contributed by atoms with Crippen molar-refractivity contribution in [3.05, 3.63) is 35.6 Å². The van der Waals surface area contributed by atoms with Crippen LogP contribution in [0.15, 0.2) is 24.3 Å². The summed E-state index contributed by atoms with van der Waals surface area (Å²) in [7, 11) is 2.09. The predicted octanol–water partition coefficient (Wildman–Crippen LogP) is 2.46. The minimum atomic E-state index is -0.427. The SMILES string of the molecule is CN1CCC[C@@H](NC(=O)C2(c3ccc(F)cc3)CCC2)C1. The number of piperidine rings is 1. The van der Waals surface area contributed by atoms with Gasteiger partial charge in [-0.2, -0.15) is 0 Å². The van der Waals surface area contributed by atoms with E-state index in [9.17, 15) is 9.18 Å². The molecular formula is C17H23FN2O.